The average molecular weight is 222 g/mol. The molecule has 1 aromatic carbocycles. The molecule has 4 nitrogen and oxygen atoms in total. The Hall–Kier alpha value is -1.55. The van der Waals surface area contributed by atoms with Gasteiger partial charge in [-0.05, 0) is 50.1 Å². The largest absolute Gasteiger partial charge is 0.508 e. The first-order chi connectivity index (χ1) is 7.65. The number of carbonyl (C=O) groups excluding carboxylic acids is 1. The van der Waals surface area contributed by atoms with E-state index in [1.165, 1.54) is 6.07 Å². The molecule has 0 aliphatic carbocycles. The van der Waals surface area contributed by atoms with E-state index in [9.17, 15) is 9.90 Å². The minimum Gasteiger partial charge on any atom is -0.508 e. The molecule has 4 heteroatoms. The summed E-state index contributed by atoms with van der Waals surface area (Å²) in [7, 11) is 0. The van der Waals surface area contributed by atoms with Gasteiger partial charge in [-0.25, -0.2) is 0 Å². The van der Waals surface area contributed by atoms with E-state index in [0.29, 0.717) is 18.7 Å². The second-order valence-electron chi connectivity index (χ2n) is 3.75. The second kappa shape index (κ2) is 6.12. The number of unbranched alkanes of at least 4 members (excludes halogenated alkanes) is 1. The van der Waals surface area contributed by atoms with Crippen LogP contribution in [0.2, 0.25) is 0 Å². The first-order valence-electron chi connectivity index (χ1n) is 5.43. The lowest BCUT2D eigenvalue weighted by molar-refractivity contribution is 0.0952. The predicted molar refractivity (Wildman–Crippen MR) is 63.5 cm³/mol. The van der Waals surface area contributed by atoms with Crippen LogP contribution in [0, 0.1) is 6.92 Å². The standard InChI is InChI=1S/C12H18N2O2/c1-9-8-10(15)4-5-11(9)12(16)14-7-3-2-6-13/h4-5,8,15H,2-3,6-7,13H2,1H3,(H,14,16). The topological polar surface area (TPSA) is 75.3 Å². The summed E-state index contributed by atoms with van der Waals surface area (Å²) in [6.45, 7) is 3.08. The highest BCUT2D eigenvalue weighted by Crippen LogP contribution is 2.15. The zero-order valence-electron chi connectivity index (χ0n) is 9.49. The molecule has 1 amide bonds. The SMILES string of the molecule is Cc1cc(O)ccc1C(=O)NCCCCN. The second-order valence-corrected chi connectivity index (χ2v) is 3.75. The number of carbonyl (C=O) groups is 1. The first-order valence-corrected chi connectivity index (χ1v) is 5.43. The number of hydrogen-bond donors (Lipinski definition) is 3. The van der Waals surface area contributed by atoms with Gasteiger partial charge in [-0.15, -0.1) is 0 Å². The van der Waals surface area contributed by atoms with Crippen LogP contribution >= 0.6 is 0 Å². The third kappa shape index (κ3) is 3.55. The highest BCUT2D eigenvalue weighted by Gasteiger charge is 2.08. The van der Waals surface area contributed by atoms with Gasteiger partial charge in [-0.3, -0.25) is 4.79 Å². The molecule has 0 aliphatic heterocycles. The third-order valence-corrected chi connectivity index (χ3v) is 2.37. The maximum Gasteiger partial charge on any atom is 0.251 e. The maximum atomic E-state index is 11.7. The van der Waals surface area contributed by atoms with Gasteiger partial charge in [-0.1, -0.05) is 0 Å². The van der Waals surface area contributed by atoms with E-state index >= 15 is 0 Å². The van der Waals surface area contributed by atoms with Gasteiger partial charge in [0.25, 0.3) is 5.91 Å². The van der Waals surface area contributed by atoms with E-state index < -0.39 is 0 Å². The summed E-state index contributed by atoms with van der Waals surface area (Å²) < 4.78 is 0. The van der Waals surface area contributed by atoms with Crippen molar-refractivity contribution in [1.29, 1.82) is 0 Å². The molecule has 1 aromatic rings. The molecule has 4 N–H and O–H groups in total. The van der Waals surface area contributed by atoms with Crippen molar-refractivity contribution in [1.82, 2.24) is 5.32 Å². The van der Waals surface area contributed by atoms with Crippen molar-refractivity contribution in [2.45, 2.75) is 19.8 Å². The van der Waals surface area contributed by atoms with Gasteiger partial charge >= 0.3 is 0 Å². The van der Waals surface area contributed by atoms with Gasteiger partial charge in [0.05, 0.1) is 0 Å². The summed E-state index contributed by atoms with van der Waals surface area (Å²) >= 11 is 0. The van der Waals surface area contributed by atoms with Crippen LogP contribution in [0.15, 0.2) is 18.2 Å². The summed E-state index contributed by atoms with van der Waals surface area (Å²) in [4.78, 5) is 11.7. The van der Waals surface area contributed by atoms with Gasteiger partial charge in [0.1, 0.15) is 5.75 Å². The normalized spacial score (nSPS) is 10.1. The first kappa shape index (κ1) is 12.5. The number of amides is 1. The van der Waals surface area contributed by atoms with Gasteiger partial charge in [0.15, 0.2) is 0 Å². The summed E-state index contributed by atoms with van der Waals surface area (Å²) in [5, 5.41) is 12.0. The molecule has 0 spiro atoms. The van der Waals surface area contributed by atoms with Gasteiger partial charge in [0, 0.05) is 12.1 Å². The van der Waals surface area contributed by atoms with Crippen LogP contribution in [-0.4, -0.2) is 24.1 Å². The number of rotatable bonds is 5. The average Bonchev–Trinajstić information content (AvgIpc) is 2.24. The van der Waals surface area contributed by atoms with Crippen LogP contribution in [0.5, 0.6) is 5.75 Å². The Bertz CT molecular complexity index is 364. The van der Waals surface area contributed by atoms with Crippen molar-refractivity contribution in [3.8, 4) is 5.75 Å². The third-order valence-electron chi connectivity index (χ3n) is 2.37. The number of phenolic OH excluding ortho intramolecular Hbond substituents is 1. The summed E-state index contributed by atoms with van der Waals surface area (Å²) in [6.07, 6.45) is 1.80. The number of aryl methyl sites for hydroxylation is 1. The summed E-state index contributed by atoms with van der Waals surface area (Å²) in [6, 6.07) is 4.72. The molecule has 1 rings (SSSR count). The molecule has 0 saturated carbocycles. The minimum absolute atomic E-state index is 0.102. The molecule has 0 unspecified atom stereocenters. The lowest BCUT2D eigenvalue weighted by atomic mass is 10.1. The zero-order chi connectivity index (χ0) is 12.0. The van der Waals surface area contributed by atoms with E-state index in [4.69, 9.17) is 5.73 Å². The molecular weight excluding hydrogens is 204 g/mol. The van der Waals surface area contributed by atoms with E-state index in [1.54, 1.807) is 19.1 Å². The highest BCUT2D eigenvalue weighted by atomic mass is 16.3. The summed E-state index contributed by atoms with van der Waals surface area (Å²) in [5.74, 6) is 0.0757. The zero-order valence-corrected chi connectivity index (χ0v) is 9.49. The van der Waals surface area contributed by atoms with Crippen LogP contribution in [0.4, 0.5) is 0 Å². The molecule has 0 radical (unpaired) electrons. The predicted octanol–water partition coefficient (Wildman–Crippen LogP) is 1.17. The molecule has 0 aromatic heterocycles. The molecule has 0 fully saturated rings. The van der Waals surface area contributed by atoms with Gasteiger partial charge in [0.2, 0.25) is 0 Å². The maximum absolute atomic E-state index is 11.7. The molecule has 88 valence electrons. The number of phenols is 1. The van der Waals surface area contributed by atoms with Crippen molar-refractivity contribution in [2.75, 3.05) is 13.1 Å². The Morgan fingerprint density at radius 2 is 2.19 bits per heavy atom. The fourth-order valence-electron chi connectivity index (χ4n) is 1.47. The monoisotopic (exact) mass is 222 g/mol. The van der Waals surface area contributed by atoms with Crippen LogP contribution in [0.3, 0.4) is 0 Å². The lowest BCUT2D eigenvalue weighted by Gasteiger charge is -2.07. The smallest absolute Gasteiger partial charge is 0.251 e. The number of nitrogens with one attached hydrogen (secondary N) is 1. The van der Waals surface area contributed by atoms with Gasteiger partial charge < -0.3 is 16.2 Å². The van der Waals surface area contributed by atoms with Crippen LogP contribution in [-0.2, 0) is 0 Å². The Morgan fingerprint density at radius 1 is 1.44 bits per heavy atom. The number of hydrogen-bond acceptors (Lipinski definition) is 3. The lowest BCUT2D eigenvalue weighted by Crippen LogP contribution is -2.25. The van der Waals surface area contributed by atoms with Crippen molar-refractivity contribution in [2.24, 2.45) is 5.73 Å². The van der Waals surface area contributed by atoms with Crippen molar-refractivity contribution in [3.05, 3.63) is 29.3 Å². The van der Waals surface area contributed by atoms with Crippen LogP contribution < -0.4 is 11.1 Å². The number of aromatic hydroxyl groups is 1. The molecule has 16 heavy (non-hydrogen) atoms. The molecule has 0 heterocycles. The Morgan fingerprint density at radius 3 is 2.81 bits per heavy atom. The quantitative estimate of drug-likeness (QED) is 0.655. The van der Waals surface area contributed by atoms with Crippen molar-refractivity contribution in [3.63, 3.8) is 0 Å². The Labute approximate surface area is 95.5 Å². The molecule has 0 saturated heterocycles. The molecule has 0 bridgehead atoms. The number of benzene rings is 1. The fraction of sp³-hybridized carbons (Fsp3) is 0.417. The Kier molecular flexibility index (Phi) is 4.79. The number of nitrogens with two attached hydrogens (primary N) is 1. The molecule has 0 aliphatic rings. The fourth-order valence-corrected chi connectivity index (χ4v) is 1.47. The minimum atomic E-state index is -0.102. The van der Waals surface area contributed by atoms with E-state index in [0.717, 1.165) is 18.4 Å². The van der Waals surface area contributed by atoms with Crippen LogP contribution in [0.1, 0.15) is 28.8 Å². The van der Waals surface area contributed by atoms with E-state index in [1.807, 2.05) is 0 Å². The molecule has 0 atom stereocenters. The summed E-state index contributed by atoms with van der Waals surface area (Å²) in [5.41, 5.74) is 6.73. The Balaban J connectivity index is 2.53. The van der Waals surface area contributed by atoms with E-state index in [-0.39, 0.29) is 11.7 Å². The van der Waals surface area contributed by atoms with E-state index in [2.05, 4.69) is 5.32 Å². The van der Waals surface area contributed by atoms with Crippen LogP contribution in [0.25, 0.3) is 0 Å². The highest BCUT2D eigenvalue weighted by molar-refractivity contribution is 5.95. The van der Waals surface area contributed by atoms with Gasteiger partial charge in [-0.2, -0.15) is 0 Å². The molecular formula is C12H18N2O2. The van der Waals surface area contributed by atoms with Crippen molar-refractivity contribution >= 4 is 5.91 Å². The van der Waals surface area contributed by atoms with Crippen molar-refractivity contribution < 1.29 is 9.90 Å².